The highest BCUT2D eigenvalue weighted by atomic mass is 16.4. The number of hydrogen-bond donors (Lipinski definition) is 1. The van der Waals surface area contributed by atoms with E-state index in [4.69, 9.17) is 5.21 Å². The van der Waals surface area contributed by atoms with Crippen molar-refractivity contribution in [1.29, 1.82) is 0 Å². The molecular weight excluding hydrogens is 250 g/mol. The Morgan fingerprint density at radius 2 is 2.20 bits per heavy atom. The summed E-state index contributed by atoms with van der Waals surface area (Å²) in [5.74, 6) is 0.321. The van der Waals surface area contributed by atoms with Crippen LogP contribution < -0.4 is 0 Å². The van der Waals surface area contributed by atoms with Crippen molar-refractivity contribution in [3.63, 3.8) is 0 Å². The fourth-order valence-corrected chi connectivity index (χ4v) is 2.93. The Bertz CT molecular complexity index is 633. The van der Waals surface area contributed by atoms with Crippen molar-refractivity contribution in [2.24, 2.45) is 11.1 Å². The molecule has 1 unspecified atom stereocenters. The summed E-state index contributed by atoms with van der Waals surface area (Å²) in [6, 6.07) is 10.4. The van der Waals surface area contributed by atoms with Gasteiger partial charge >= 0.3 is 0 Å². The largest absolute Gasteiger partial charge is 0.411 e. The molecule has 1 aliphatic rings. The number of para-hydroxylation sites is 1. The third-order valence-electron chi connectivity index (χ3n) is 4.05. The van der Waals surface area contributed by atoms with Crippen LogP contribution in [0.5, 0.6) is 0 Å². The highest BCUT2D eigenvalue weighted by Crippen LogP contribution is 2.21. The van der Waals surface area contributed by atoms with Gasteiger partial charge in [-0.05, 0) is 17.7 Å². The maximum Gasteiger partial charge on any atom is 0.0705 e. The number of likely N-dealkylation sites (tertiary alicyclic amines) is 1. The van der Waals surface area contributed by atoms with Gasteiger partial charge in [0.2, 0.25) is 0 Å². The fraction of sp³-hybridized carbons (Fsp3) is 0.375. The predicted octanol–water partition coefficient (Wildman–Crippen LogP) is 2.91. The second-order valence-corrected chi connectivity index (χ2v) is 5.46. The monoisotopic (exact) mass is 269 g/mol. The number of nitrogens with zero attached hydrogens (tertiary/aromatic N) is 3. The van der Waals surface area contributed by atoms with E-state index in [1.807, 2.05) is 18.3 Å². The van der Waals surface area contributed by atoms with E-state index in [1.54, 1.807) is 0 Å². The summed E-state index contributed by atoms with van der Waals surface area (Å²) in [5, 5.41) is 13.6. The van der Waals surface area contributed by atoms with Crippen LogP contribution >= 0.6 is 0 Å². The molecule has 2 aromatic rings. The molecule has 1 N–H and O–H groups in total. The van der Waals surface area contributed by atoms with Crippen LogP contribution in [0.25, 0.3) is 10.9 Å². The summed E-state index contributed by atoms with van der Waals surface area (Å²) in [4.78, 5) is 6.82. The SMILES string of the molecule is CC1CN(Cc2ccnc3ccccc23)CC/C1=N\O. The van der Waals surface area contributed by atoms with Gasteiger partial charge in [-0.2, -0.15) is 0 Å². The molecule has 1 aromatic carbocycles. The number of piperidine rings is 1. The number of rotatable bonds is 2. The topological polar surface area (TPSA) is 48.7 Å². The Labute approximate surface area is 118 Å². The lowest BCUT2D eigenvalue weighted by molar-refractivity contribution is 0.229. The van der Waals surface area contributed by atoms with Crippen molar-refractivity contribution < 1.29 is 5.21 Å². The van der Waals surface area contributed by atoms with Gasteiger partial charge in [-0.1, -0.05) is 30.3 Å². The van der Waals surface area contributed by atoms with E-state index in [-0.39, 0.29) is 0 Å². The molecule has 3 rings (SSSR count). The summed E-state index contributed by atoms with van der Waals surface area (Å²) < 4.78 is 0. The standard InChI is InChI=1S/C16H19N3O/c1-12-10-19(9-7-15(12)18-20)11-13-6-8-17-16-5-3-2-4-14(13)16/h2-6,8,12,20H,7,9-11H2,1H3/b18-15+. The zero-order valence-electron chi connectivity index (χ0n) is 11.7. The first-order chi connectivity index (χ1) is 9.78. The van der Waals surface area contributed by atoms with Crippen LogP contribution in [0, 0.1) is 5.92 Å². The van der Waals surface area contributed by atoms with Crippen LogP contribution in [-0.2, 0) is 6.54 Å². The zero-order chi connectivity index (χ0) is 13.9. The fourth-order valence-electron chi connectivity index (χ4n) is 2.93. The normalized spacial score (nSPS) is 22.4. The minimum Gasteiger partial charge on any atom is -0.411 e. The number of oxime groups is 1. The summed E-state index contributed by atoms with van der Waals surface area (Å²) in [7, 11) is 0. The predicted molar refractivity (Wildman–Crippen MR) is 80.0 cm³/mol. The Kier molecular flexibility index (Phi) is 3.65. The van der Waals surface area contributed by atoms with Crippen LogP contribution in [-0.4, -0.2) is 33.9 Å². The first kappa shape index (κ1) is 13.1. The number of fused-ring (bicyclic) bond motifs is 1. The molecular formula is C16H19N3O. The number of aromatic nitrogens is 1. The lowest BCUT2D eigenvalue weighted by Gasteiger charge is -2.31. The lowest BCUT2D eigenvalue weighted by Crippen LogP contribution is -2.39. The van der Waals surface area contributed by atoms with Gasteiger partial charge in [0, 0.05) is 43.6 Å². The van der Waals surface area contributed by atoms with Gasteiger partial charge < -0.3 is 5.21 Å². The summed E-state index contributed by atoms with van der Waals surface area (Å²) >= 11 is 0. The smallest absolute Gasteiger partial charge is 0.0705 e. The van der Waals surface area contributed by atoms with Gasteiger partial charge in [-0.3, -0.25) is 9.88 Å². The van der Waals surface area contributed by atoms with E-state index in [0.29, 0.717) is 5.92 Å². The Morgan fingerprint density at radius 1 is 1.35 bits per heavy atom. The van der Waals surface area contributed by atoms with Gasteiger partial charge in [0.25, 0.3) is 0 Å². The molecule has 0 saturated carbocycles. The molecule has 0 amide bonds. The van der Waals surface area contributed by atoms with Crippen molar-refractivity contribution >= 4 is 16.6 Å². The molecule has 0 aliphatic carbocycles. The molecule has 2 heterocycles. The molecule has 1 aromatic heterocycles. The Morgan fingerprint density at radius 3 is 3.00 bits per heavy atom. The minimum atomic E-state index is 0.321. The third kappa shape index (κ3) is 2.51. The van der Waals surface area contributed by atoms with Gasteiger partial charge in [-0.25, -0.2) is 0 Å². The minimum absolute atomic E-state index is 0.321. The van der Waals surface area contributed by atoms with Crippen molar-refractivity contribution in [2.45, 2.75) is 19.9 Å². The van der Waals surface area contributed by atoms with Crippen molar-refractivity contribution in [3.05, 3.63) is 42.1 Å². The maximum absolute atomic E-state index is 8.94. The van der Waals surface area contributed by atoms with E-state index in [2.05, 4.69) is 40.2 Å². The van der Waals surface area contributed by atoms with Crippen LogP contribution in [0.2, 0.25) is 0 Å². The van der Waals surface area contributed by atoms with Crippen LogP contribution in [0.1, 0.15) is 18.9 Å². The summed E-state index contributed by atoms with van der Waals surface area (Å²) in [6.45, 7) is 4.92. The van der Waals surface area contributed by atoms with Crippen molar-refractivity contribution in [2.75, 3.05) is 13.1 Å². The molecule has 0 radical (unpaired) electrons. The van der Waals surface area contributed by atoms with E-state index >= 15 is 0 Å². The van der Waals surface area contributed by atoms with Crippen LogP contribution in [0.3, 0.4) is 0 Å². The number of benzene rings is 1. The molecule has 1 atom stereocenters. The van der Waals surface area contributed by atoms with E-state index in [9.17, 15) is 0 Å². The molecule has 1 aliphatic heterocycles. The van der Waals surface area contributed by atoms with E-state index < -0.39 is 0 Å². The maximum atomic E-state index is 8.94. The zero-order valence-corrected chi connectivity index (χ0v) is 11.7. The molecule has 1 fully saturated rings. The second-order valence-electron chi connectivity index (χ2n) is 5.46. The number of pyridine rings is 1. The summed E-state index contributed by atoms with van der Waals surface area (Å²) in [5.41, 5.74) is 3.28. The van der Waals surface area contributed by atoms with Crippen molar-refractivity contribution in [3.8, 4) is 0 Å². The Hall–Kier alpha value is -1.94. The Balaban J connectivity index is 1.80. The summed E-state index contributed by atoms with van der Waals surface area (Å²) in [6.07, 6.45) is 2.73. The van der Waals surface area contributed by atoms with E-state index in [0.717, 1.165) is 37.3 Å². The molecule has 0 spiro atoms. The quantitative estimate of drug-likeness (QED) is 0.673. The first-order valence-corrected chi connectivity index (χ1v) is 7.03. The van der Waals surface area contributed by atoms with Crippen LogP contribution in [0.15, 0.2) is 41.7 Å². The third-order valence-corrected chi connectivity index (χ3v) is 4.05. The average Bonchev–Trinajstić information content (AvgIpc) is 2.48. The molecule has 4 heteroatoms. The van der Waals surface area contributed by atoms with Gasteiger partial charge in [-0.15, -0.1) is 0 Å². The van der Waals surface area contributed by atoms with E-state index in [1.165, 1.54) is 10.9 Å². The highest BCUT2D eigenvalue weighted by Gasteiger charge is 2.22. The molecule has 0 bridgehead atoms. The molecule has 1 saturated heterocycles. The molecule has 20 heavy (non-hydrogen) atoms. The van der Waals surface area contributed by atoms with Crippen molar-refractivity contribution in [1.82, 2.24) is 9.88 Å². The van der Waals surface area contributed by atoms with Gasteiger partial charge in [0.05, 0.1) is 11.2 Å². The molecule has 104 valence electrons. The van der Waals surface area contributed by atoms with Gasteiger partial charge in [0.1, 0.15) is 0 Å². The first-order valence-electron chi connectivity index (χ1n) is 7.03. The lowest BCUT2D eigenvalue weighted by atomic mass is 9.97. The highest BCUT2D eigenvalue weighted by molar-refractivity contribution is 5.87. The second kappa shape index (κ2) is 5.59. The van der Waals surface area contributed by atoms with Gasteiger partial charge in [0.15, 0.2) is 0 Å². The average molecular weight is 269 g/mol. The number of hydrogen-bond acceptors (Lipinski definition) is 4. The molecule has 4 nitrogen and oxygen atoms in total. The van der Waals surface area contributed by atoms with Crippen LogP contribution in [0.4, 0.5) is 0 Å².